The largest absolute Gasteiger partial charge is 0.497 e. The molecule has 6 nitrogen and oxygen atoms in total. The lowest BCUT2D eigenvalue weighted by molar-refractivity contribution is 0.262. The molecule has 0 fully saturated rings. The number of carbonyl (C=O) groups excluding carboxylic acids is 1. The fourth-order valence-electron chi connectivity index (χ4n) is 2.28. The van der Waals surface area contributed by atoms with E-state index in [1.165, 1.54) is 0 Å². The van der Waals surface area contributed by atoms with Crippen LogP contribution >= 0.6 is 0 Å². The van der Waals surface area contributed by atoms with Gasteiger partial charge in [-0.1, -0.05) is 36.4 Å². The second-order valence-corrected chi connectivity index (χ2v) is 5.22. The number of amides is 2. The molecule has 0 spiro atoms. The number of aromatic nitrogens is 2. The Kier molecular flexibility index (Phi) is 4.76. The van der Waals surface area contributed by atoms with Gasteiger partial charge < -0.3 is 15.4 Å². The van der Waals surface area contributed by atoms with E-state index in [9.17, 15) is 4.79 Å². The van der Waals surface area contributed by atoms with E-state index in [0.717, 1.165) is 5.56 Å². The summed E-state index contributed by atoms with van der Waals surface area (Å²) in [5.41, 5.74) is 2.43. The van der Waals surface area contributed by atoms with Gasteiger partial charge in [-0.05, 0) is 17.7 Å². The SMILES string of the molecule is COc1cccc(NC(=O)Nc2cnn(Cc3ccccc3)c2)c1. The molecule has 0 atom stereocenters. The summed E-state index contributed by atoms with van der Waals surface area (Å²) in [5.74, 6) is 0.684. The van der Waals surface area contributed by atoms with Crippen LogP contribution in [0, 0.1) is 0 Å². The van der Waals surface area contributed by atoms with Gasteiger partial charge in [-0.2, -0.15) is 5.10 Å². The minimum atomic E-state index is -0.331. The number of nitrogens with zero attached hydrogens (tertiary/aromatic N) is 2. The van der Waals surface area contributed by atoms with Gasteiger partial charge in [-0.3, -0.25) is 4.68 Å². The number of ether oxygens (including phenoxy) is 1. The van der Waals surface area contributed by atoms with Gasteiger partial charge in [0.15, 0.2) is 0 Å². The number of anilines is 2. The second kappa shape index (κ2) is 7.32. The Balaban J connectivity index is 1.58. The number of nitrogens with one attached hydrogen (secondary N) is 2. The third-order valence-corrected chi connectivity index (χ3v) is 3.41. The third-order valence-electron chi connectivity index (χ3n) is 3.41. The molecule has 24 heavy (non-hydrogen) atoms. The van der Waals surface area contributed by atoms with Crippen LogP contribution in [0.4, 0.5) is 16.2 Å². The van der Waals surface area contributed by atoms with Gasteiger partial charge in [-0.15, -0.1) is 0 Å². The van der Waals surface area contributed by atoms with E-state index in [-0.39, 0.29) is 6.03 Å². The predicted molar refractivity (Wildman–Crippen MR) is 93.4 cm³/mol. The molecule has 0 aliphatic rings. The molecular weight excluding hydrogens is 304 g/mol. The van der Waals surface area contributed by atoms with Gasteiger partial charge >= 0.3 is 6.03 Å². The Hall–Kier alpha value is -3.28. The fourth-order valence-corrected chi connectivity index (χ4v) is 2.28. The zero-order chi connectivity index (χ0) is 16.8. The van der Waals surface area contributed by atoms with Crippen molar-refractivity contribution in [1.29, 1.82) is 0 Å². The van der Waals surface area contributed by atoms with E-state index in [0.29, 0.717) is 23.7 Å². The Bertz CT molecular complexity index is 815. The third kappa shape index (κ3) is 4.13. The van der Waals surface area contributed by atoms with Gasteiger partial charge in [0.2, 0.25) is 0 Å². The van der Waals surface area contributed by atoms with Gasteiger partial charge in [0.25, 0.3) is 0 Å². The van der Waals surface area contributed by atoms with Crippen molar-refractivity contribution < 1.29 is 9.53 Å². The Morgan fingerprint density at radius 3 is 2.67 bits per heavy atom. The molecule has 2 N–H and O–H groups in total. The molecule has 0 unspecified atom stereocenters. The fraction of sp³-hybridized carbons (Fsp3) is 0.111. The number of benzene rings is 2. The number of hydrogen-bond acceptors (Lipinski definition) is 3. The molecule has 1 heterocycles. The molecule has 1 aromatic heterocycles. The van der Waals surface area contributed by atoms with E-state index in [4.69, 9.17) is 4.74 Å². The van der Waals surface area contributed by atoms with E-state index >= 15 is 0 Å². The average molecular weight is 322 g/mol. The lowest BCUT2D eigenvalue weighted by atomic mass is 10.2. The summed E-state index contributed by atoms with van der Waals surface area (Å²) in [6.45, 7) is 0.653. The van der Waals surface area contributed by atoms with Crippen molar-refractivity contribution in [3.63, 3.8) is 0 Å². The first kappa shape index (κ1) is 15.6. The lowest BCUT2D eigenvalue weighted by Gasteiger charge is -2.07. The smallest absolute Gasteiger partial charge is 0.323 e. The summed E-state index contributed by atoms with van der Waals surface area (Å²) in [6, 6.07) is 16.8. The summed E-state index contributed by atoms with van der Waals surface area (Å²) in [5, 5.41) is 9.77. The van der Waals surface area contributed by atoms with Crippen molar-refractivity contribution in [3.05, 3.63) is 72.6 Å². The molecule has 3 rings (SSSR count). The Labute approximate surface area is 140 Å². The number of urea groups is 1. The lowest BCUT2D eigenvalue weighted by Crippen LogP contribution is -2.19. The maximum Gasteiger partial charge on any atom is 0.323 e. The molecule has 2 aromatic carbocycles. The predicted octanol–water partition coefficient (Wildman–Crippen LogP) is 3.58. The highest BCUT2D eigenvalue weighted by Gasteiger charge is 2.06. The highest BCUT2D eigenvalue weighted by Crippen LogP contribution is 2.17. The molecular formula is C18H18N4O2. The normalized spacial score (nSPS) is 10.2. The van der Waals surface area contributed by atoms with Crippen LogP contribution in [0.15, 0.2) is 67.0 Å². The van der Waals surface area contributed by atoms with Crippen LogP contribution in [0.2, 0.25) is 0 Å². The van der Waals surface area contributed by atoms with Crippen LogP contribution in [0.3, 0.4) is 0 Å². The number of methoxy groups -OCH3 is 1. The summed E-state index contributed by atoms with van der Waals surface area (Å²) in [7, 11) is 1.58. The van der Waals surface area contributed by atoms with Crippen LogP contribution in [0.5, 0.6) is 5.75 Å². The van der Waals surface area contributed by atoms with Crippen LogP contribution in [0.1, 0.15) is 5.56 Å². The molecule has 0 aliphatic carbocycles. The highest BCUT2D eigenvalue weighted by atomic mass is 16.5. The van der Waals surface area contributed by atoms with E-state index < -0.39 is 0 Å². The number of rotatable bonds is 5. The molecule has 0 saturated heterocycles. The number of hydrogen-bond donors (Lipinski definition) is 2. The minimum Gasteiger partial charge on any atom is -0.497 e. The molecule has 122 valence electrons. The zero-order valence-corrected chi connectivity index (χ0v) is 13.3. The van der Waals surface area contributed by atoms with Crippen molar-refractivity contribution in [2.45, 2.75) is 6.54 Å². The molecule has 0 radical (unpaired) electrons. The first-order valence-corrected chi connectivity index (χ1v) is 7.51. The average Bonchev–Trinajstić information content (AvgIpc) is 3.02. The van der Waals surface area contributed by atoms with Crippen molar-refractivity contribution in [3.8, 4) is 5.75 Å². The first-order chi connectivity index (χ1) is 11.7. The molecule has 0 saturated carbocycles. The second-order valence-electron chi connectivity index (χ2n) is 5.22. The van der Waals surface area contributed by atoms with Crippen LogP contribution in [0.25, 0.3) is 0 Å². The van der Waals surface area contributed by atoms with Crippen molar-refractivity contribution in [2.75, 3.05) is 17.7 Å². The molecule has 6 heteroatoms. The minimum absolute atomic E-state index is 0.331. The van der Waals surface area contributed by atoms with Crippen LogP contribution < -0.4 is 15.4 Å². The van der Waals surface area contributed by atoms with Gasteiger partial charge in [0.1, 0.15) is 5.75 Å². The van der Waals surface area contributed by atoms with Crippen molar-refractivity contribution in [1.82, 2.24) is 9.78 Å². The quantitative estimate of drug-likeness (QED) is 0.754. The Morgan fingerprint density at radius 2 is 1.88 bits per heavy atom. The van der Waals surface area contributed by atoms with Crippen molar-refractivity contribution in [2.24, 2.45) is 0 Å². The maximum absolute atomic E-state index is 12.0. The van der Waals surface area contributed by atoms with Crippen LogP contribution in [-0.4, -0.2) is 22.9 Å². The topological polar surface area (TPSA) is 68.2 Å². The molecule has 2 amide bonds. The van der Waals surface area contributed by atoms with Gasteiger partial charge in [-0.25, -0.2) is 4.79 Å². The van der Waals surface area contributed by atoms with E-state index in [2.05, 4.69) is 15.7 Å². The molecule has 0 bridgehead atoms. The summed E-state index contributed by atoms with van der Waals surface area (Å²) >= 11 is 0. The first-order valence-electron chi connectivity index (χ1n) is 7.51. The monoisotopic (exact) mass is 322 g/mol. The van der Waals surface area contributed by atoms with Crippen LogP contribution in [-0.2, 0) is 6.54 Å². The number of carbonyl (C=O) groups is 1. The summed E-state index contributed by atoms with van der Waals surface area (Å²) in [4.78, 5) is 12.0. The van der Waals surface area contributed by atoms with Gasteiger partial charge in [0.05, 0.1) is 25.5 Å². The standard InChI is InChI=1S/C18H18N4O2/c1-24-17-9-5-8-15(10-17)20-18(23)21-16-11-19-22(13-16)12-14-6-3-2-4-7-14/h2-11,13H,12H2,1H3,(H2,20,21,23). The summed E-state index contributed by atoms with van der Waals surface area (Å²) < 4.78 is 6.90. The van der Waals surface area contributed by atoms with E-state index in [1.807, 2.05) is 42.5 Å². The van der Waals surface area contributed by atoms with Gasteiger partial charge in [0, 0.05) is 18.0 Å². The van der Waals surface area contributed by atoms with Crippen molar-refractivity contribution >= 4 is 17.4 Å². The molecule has 3 aromatic rings. The Morgan fingerprint density at radius 1 is 1.08 bits per heavy atom. The highest BCUT2D eigenvalue weighted by molar-refractivity contribution is 5.99. The zero-order valence-electron chi connectivity index (χ0n) is 13.3. The molecule has 0 aliphatic heterocycles. The van der Waals surface area contributed by atoms with E-state index in [1.54, 1.807) is 36.3 Å². The summed E-state index contributed by atoms with van der Waals surface area (Å²) in [6.07, 6.45) is 3.41. The maximum atomic E-state index is 12.0.